The number of phenolic OH excluding ortho intramolecular Hbond substituents is 1. The maximum Gasteiger partial charge on any atom is 0.303 e. The number of guanidine groups is 1. The zero-order chi connectivity index (χ0) is 72.3. The van der Waals surface area contributed by atoms with E-state index in [4.69, 9.17) is 22.9 Å². The number of nitrogens with one attached hydrogen (secondary N) is 10. The molecule has 3 heterocycles. The van der Waals surface area contributed by atoms with Crippen molar-refractivity contribution in [3.63, 3.8) is 0 Å². The first-order valence-electron chi connectivity index (χ1n) is 33.8. The Hall–Kier alpha value is -9.43. The van der Waals surface area contributed by atoms with Crippen molar-refractivity contribution in [1.29, 1.82) is 0 Å². The minimum absolute atomic E-state index is 0.0372. The van der Waals surface area contributed by atoms with E-state index in [1.807, 2.05) is 18.2 Å². The number of para-hydroxylation sites is 1. The summed E-state index contributed by atoms with van der Waals surface area (Å²) in [6.07, 6.45) is 4.62. The van der Waals surface area contributed by atoms with Crippen LogP contribution in [0.15, 0.2) is 90.1 Å². The van der Waals surface area contributed by atoms with E-state index in [9.17, 15) is 53.4 Å². The van der Waals surface area contributed by atoms with Gasteiger partial charge in [-0.2, -0.15) is 0 Å². The van der Waals surface area contributed by atoms with E-state index in [0.717, 1.165) is 32.5 Å². The summed E-state index contributed by atoms with van der Waals surface area (Å²) >= 11 is 0. The van der Waals surface area contributed by atoms with Crippen LogP contribution in [0, 0.1) is 5.92 Å². The van der Waals surface area contributed by atoms with Crippen molar-refractivity contribution >= 4 is 109 Å². The SMILES string of the molecule is C[C@H](N)CC(=O)N1CCC[C@H]1C(=O)N[C@@H](Cc1ccc(O)cc1)C(=O)N[C@H]1CSSC[C@@H](C(N)=O)NC(=O)[C@H](CCC(=O)O)NC(=O)[C@H](Cc2c[nH]c3ccccc23)NC(=O)CCCCCNC(=O)[C@H](CCCN=C(N)N)NC(=O)[C@H](Cc2ccccc2)NC(=O)[C@H](C2CCCC2)NC1=O. The van der Waals surface area contributed by atoms with Crippen LogP contribution in [0.5, 0.6) is 5.75 Å². The van der Waals surface area contributed by atoms with E-state index >= 15 is 14.4 Å². The Morgan fingerprint density at radius 1 is 0.680 bits per heavy atom. The summed E-state index contributed by atoms with van der Waals surface area (Å²) in [5.41, 5.74) is 25.6. The van der Waals surface area contributed by atoms with Gasteiger partial charge in [0, 0.05) is 92.8 Å². The Bertz CT molecular complexity index is 3520. The number of carbonyl (C=O) groups is 12. The van der Waals surface area contributed by atoms with E-state index in [2.05, 4.69) is 57.8 Å². The van der Waals surface area contributed by atoms with Gasteiger partial charge in [0.15, 0.2) is 5.96 Å². The van der Waals surface area contributed by atoms with E-state index in [-0.39, 0.29) is 100 Å². The number of carboxylic acid groups (broad SMARTS) is 1. The Balaban J connectivity index is 1.23. The first kappa shape index (κ1) is 77.9. The lowest BCUT2D eigenvalue weighted by molar-refractivity contribution is -0.140. The summed E-state index contributed by atoms with van der Waals surface area (Å²) in [7, 11) is 1.86. The van der Waals surface area contributed by atoms with Crippen LogP contribution >= 0.6 is 21.6 Å². The van der Waals surface area contributed by atoms with Crippen molar-refractivity contribution in [1.82, 2.24) is 57.7 Å². The van der Waals surface area contributed by atoms with Gasteiger partial charge in [-0.25, -0.2) is 0 Å². The molecule has 0 bridgehead atoms. The number of aromatic hydroxyl groups is 1. The van der Waals surface area contributed by atoms with Gasteiger partial charge in [-0.15, -0.1) is 0 Å². The maximum atomic E-state index is 15.2. The molecule has 2 saturated heterocycles. The fourth-order valence-electron chi connectivity index (χ4n) is 12.3. The molecule has 11 amide bonds. The van der Waals surface area contributed by atoms with Crippen LogP contribution in [0.2, 0.25) is 0 Å². The third kappa shape index (κ3) is 24.8. The molecule has 10 atom stereocenters. The number of amides is 11. The molecule has 20 N–H and O–H groups in total. The number of likely N-dealkylation sites (tertiary alicyclic amines) is 1. The quantitative estimate of drug-likeness (QED) is 0.0229. The standard InChI is InChI=1S/C68H94N16O14S2/c1-39(69)32-56(87)84-31-13-21-54(84)66(97)79-49(34-41-23-25-44(85)26-24-41)63(94)82-53-38-100-99-37-52(59(70)90)81-61(92)48(27-28-57(88)89)78-64(95)51(35-43-36-75-46-19-10-9-18-45(43)46)76-55(86)22-6-3-11-29-73-60(91)47(20-12-30-74-68(71)72)77-62(93)50(33-40-14-4-2-5-15-40)80-67(98)58(83-65(53)96)42-16-7-8-17-42/h2,4-5,9-10,14-15,18-19,23-26,36,39,42,47-54,58,75,85H,3,6-8,11-13,16-17,20-22,27-35,37-38,69H2,1H3,(H2,70,90)(H,73,91)(H,76,86)(H,77,93)(H,78,95)(H,79,97)(H,80,98)(H,81,92)(H,82,94)(H,83,96)(H,88,89)(H4,71,72,74)/t39-,47-,48-,49-,50-,51-,52-,53-,54-,58-/m0/s1. The Morgan fingerprint density at radius 2 is 1.34 bits per heavy atom. The number of phenols is 1. The van der Waals surface area contributed by atoms with Gasteiger partial charge in [-0.1, -0.05) is 102 Å². The molecular formula is C68H94N16O14S2. The number of hydrogen-bond donors (Lipinski definition) is 16. The van der Waals surface area contributed by atoms with Crippen molar-refractivity contribution in [2.75, 3.05) is 31.1 Å². The molecule has 1 saturated carbocycles. The lowest BCUT2D eigenvalue weighted by Crippen LogP contribution is -2.61. The minimum Gasteiger partial charge on any atom is -0.508 e. The lowest BCUT2D eigenvalue weighted by atomic mass is 9.95. The summed E-state index contributed by atoms with van der Waals surface area (Å²) in [4.78, 5) is 178. The van der Waals surface area contributed by atoms with Crippen molar-refractivity contribution in [2.24, 2.45) is 33.8 Å². The molecule has 4 aromatic rings. The molecular weight excluding hydrogens is 1330 g/mol. The number of hydrogen-bond acceptors (Lipinski definition) is 17. The number of fused-ring (bicyclic) bond motifs is 1. The molecule has 3 aromatic carbocycles. The highest BCUT2D eigenvalue weighted by Crippen LogP contribution is 2.30. The second kappa shape index (κ2) is 39.4. The van der Waals surface area contributed by atoms with Crippen LogP contribution in [0.3, 0.4) is 0 Å². The summed E-state index contributed by atoms with van der Waals surface area (Å²) in [5, 5.41) is 45.7. The summed E-state index contributed by atoms with van der Waals surface area (Å²) in [5.74, 6) is -10.9. The lowest BCUT2D eigenvalue weighted by Gasteiger charge is -2.30. The number of carbonyl (C=O) groups excluding carboxylic acids is 11. The van der Waals surface area contributed by atoms with E-state index in [0.29, 0.717) is 68.1 Å². The van der Waals surface area contributed by atoms with Crippen molar-refractivity contribution in [3.8, 4) is 5.75 Å². The van der Waals surface area contributed by atoms with Gasteiger partial charge in [0.05, 0.1) is 0 Å². The normalized spacial score (nSPS) is 23.2. The van der Waals surface area contributed by atoms with Gasteiger partial charge in [0.25, 0.3) is 0 Å². The molecule has 0 unspecified atom stereocenters. The second-order valence-electron chi connectivity index (χ2n) is 25.5. The molecule has 0 spiro atoms. The molecule has 2 aliphatic heterocycles. The number of nitrogens with zero attached hydrogens (tertiary/aromatic N) is 2. The monoisotopic (exact) mass is 1420 g/mol. The van der Waals surface area contributed by atoms with Crippen LogP contribution in [-0.2, 0) is 76.8 Å². The number of primary amides is 1. The molecule has 1 aliphatic carbocycles. The molecule has 7 rings (SSSR count). The number of carboxylic acids is 1. The highest BCUT2D eigenvalue weighted by atomic mass is 33.1. The number of nitrogens with two attached hydrogens (primary N) is 4. The number of rotatable bonds is 21. The van der Waals surface area contributed by atoms with E-state index in [1.54, 1.807) is 49.5 Å². The highest BCUT2D eigenvalue weighted by Gasteiger charge is 2.40. The summed E-state index contributed by atoms with van der Waals surface area (Å²) in [6.45, 7) is 2.14. The van der Waals surface area contributed by atoms with Gasteiger partial charge in [0.1, 0.15) is 60.1 Å². The number of aliphatic carboxylic acids is 1. The predicted octanol–water partition coefficient (Wildman–Crippen LogP) is 0.174. The third-order valence-electron chi connectivity index (χ3n) is 17.6. The minimum atomic E-state index is -1.59. The number of benzene rings is 3. The third-order valence-corrected chi connectivity index (χ3v) is 20.0. The van der Waals surface area contributed by atoms with Crippen molar-refractivity contribution in [3.05, 3.63) is 102 Å². The first-order valence-corrected chi connectivity index (χ1v) is 36.3. The number of aliphatic imine (C=N–C) groups is 1. The number of aromatic amines is 1. The average Bonchev–Trinajstić information content (AvgIpc) is 1.67. The van der Waals surface area contributed by atoms with E-state index in [1.165, 1.54) is 29.2 Å². The van der Waals surface area contributed by atoms with Gasteiger partial charge in [-0.05, 0) is 106 Å². The number of H-pyrrole nitrogens is 1. The topological polar surface area (TPSA) is 489 Å². The second-order valence-corrected chi connectivity index (χ2v) is 28.1. The molecule has 100 heavy (non-hydrogen) atoms. The Labute approximate surface area is 587 Å². The Kier molecular flexibility index (Phi) is 30.7. The maximum absolute atomic E-state index is 15.2. The average molecular weight is 1420 g/mol. The molecule has 3 aliphatic rings. The fourth-order valence-corrected chi connectivity index (χ4v) is 14.6. The molecule has 32 heteroatoms. The summed E-state index contributed by atoms with van der Waals surface area (Å²) < 4.78 is 0. The smallest absolute Gasteiger partial charge is 0.303 e. The summed E-state index contributed by atoms with van der Waals surface area (Å²) in [6, 6.07) is 9.17. The Morgan fingerprint density at radius 3 is 2.03 bits per heavy atom. The molecule has 30 nitrogen and oxygen atoms in total. The fraction of sp³-hybridized carbons (Fsp3) is 0.515. The van der Waals surface area contributed by atoms with Gasteiger partial charge < -0.3 is 90.9 Å². The van der Waals surface area contributed by atoms with Crippen LogP contribution in [0.1, 0.15) is 120 Å². The van der Waals surface area contributed by atoms with Crippen molar-refractivity contribution < 1.29 is 67.7 Å². The van der Waals surface area contributed by atoms with Gasteiger partial charge in [-0.3, -0.25) is 62.5 Å². The largest absolute Gasteiger partial charge is 0.508 e. The highest BCUT2D eigenvalue weighted by molar-refractivity contribution is 8.76. The van der Waals surface area contributed by atoms with Crippen LogP contribution in [-0.4, -0.2) is 189 Å². The zero-order valence-corrected chi connectivity index (χ0v) is 57.6. The molecule has 1 aromatic heterocycles. The number of aromatic nitrogens is 1. The predicted molar refractivity (Wildman–Crippen MR) is 377 cm³/mol. The van der Waals surface area contributed by atoms with Crippen molar-refractivity contribution in [2.45, 2.75) is 183 Å². The molecule has 3 fully saturated rings. The molecule has 0 radical (unpaired) electrons. The first-order chi connectivity index (χ1) is 47.9. The van der Waals surface area contributed by atoms with Crippen LogP contribution in [0.4, 0.5) is 0 Å². The van der Waals surface area contributed by atoms with Crippen LogP contribution < -0.4 is 70.8 Å². The van der Waals surface area contributed by atoms with Gasteiger partial charge in [0.2, 0.25) is 65.0 Å². The van der Waals surface area contributed by atoms with Crippen LogP contribution in [0.25, 0.3) is 10.9 Å². The molecule has 542 valence electrons. The van der Waals surface area contributed by atoms with Gasteiger partial charge >= 0.3 is 5.97 Å². The zero-order valence-electron chi connectivity index (χ0n) is 56.0. The van der Waals surface area contributed by atoms with E-state index < -0.39 is 144 Å².